The van der Waals surface area contributed by atoms with Crippen molar-refractivity contribution in [2.75, 3.05) is 7.11 Å². The third-order valence-corrected chi connectivity index (χ3v) is 1.00. The first-order valence-electron chi connectivity index (χ1n) is 4.79. The van der Waals surface area contributed by atoms with E-state index in [9.17, 15) is 9.90 Å². The van der Waals surface area contributed by atoms with Crippen molar-refractivity contribution in [2.24, 2.45) is 0 Å². The van der Waals surface area contributed by atoms with Gasteiger partial charge in [0, 0.05) is 0 Å². The molecule has 0 aliphatic rings. The zero-order valence-corrected chi connectivity index (χ0v) is 5.76. The highest BCUT2D eigenvalue weighted by atomic mass is 16.5. The molecule has 1 aromatic carbocycles. The number of esters is 1. The molecule has 0 fully saturated rings. The molecule has 0 aliphatic carbocycles. The van der Waals surface area contributed by atoms with E-state index in [4.69, 9.17) is 5.48 Å². The van der Waals surface area contributed by atoms with Gasteiger partial charge in [0.15, 0.2) is 0 Å². The second kappa shape index (κ2) is 3.05. The normalized spacial score (nSPS) is 14.3. The van der Waals surface area contributed by atoms with Gasteiger partial charge in [-0.2, -0.15) is 0 Å². The maximum atomic E-state index is 11.2. The summed E-state index contributed by atoms with van der Waals surface area (Å²) in [5.41, 5.74) is -0.481. The standard InChI is InChI=1S/C8H8O3/c1-11-8(10)6-2-4-7(9)5-3-6/h2-5,9H,1H3/i2D,3D,4D,5D. The minimum absolute atomic E-state index is 0.481. The third kappa shape index (κ3) is 1.70. The molecular formula is C8H8O3. The van der Waals surface area contributed by atoms with Crippen molar-refractivity contribution >= 4 is 5.97 Å². The number of rotatable bonds is 1. The molecular weight excluding hydrogens is 144 g/mol. The van der Waals surface area contributed by atoms with Crippen molar-refractivity contribution in [1.82, 2.24) is 0 Å². The minimum Gasteiger partial charge on any atom is -0.508 e. The Morgan fingerprint density at radius 1 is 1.55 bits per heavy atom. The van der Waals surface area contributed by atoms with Gasteiger partial charge in [-0.25, -0.2) is 4.79 Å². The smallest absolute Gasteiger partial charge is 0.337 e. The molecule has 3 heteroatoms. The van der Waals surface area contributed by atoms with Gasteiger partial charge >= 0.3 is 5.97 Å². The average Bonchev–Trinajstić information content (AvgIpc) is 2.23. The van der Waals surface area contributed by atoms with Gasteiger partial charge in [0.2, 0.25) is 0 Å². The maximum Gasteiger partial charge on any atom is 0.337 e. The number of hydrogen-bond donors (Lipinski definition) is 1. The van der Waals surface area contributed by atoms with Crippen LogP contribution >= 0.6 is 0 Å². The topological polar surface area (TPSA) is 46.5 Å². The number of ether oxygens (including phenoxy) is 1. The van der Waals surface area contributed by atoms with Crippen LogP contribution in [-0.2, 0) is 4.74 Å². The van der Waals surface area contributed by atoms with E-state index in [0.29, 0.717) is 0 Å². The summed E-state index contributed by atoms with van der Waals surface area (Å²) in [6.07, 6.45) is 0. The van der Waals surface area contributed by atoms with Gasteiger partial charge in [0.25, 0.3) is 0 Å². The lowest BCUT2D eigenvalue weighted by molar-refractivity contribution is 0.0601. The number of benzene rings is 1. The van der Waals surface area contributed by atoms with E-state index < -0.39 is 41.5 Å². The quantitative estimate of drug-likeness (QED) is 0.621. The van der Waals surface area contributed by atoms with Crippen LogP contribution in [0, 0.1) is 0 Å². The van der Waals surface area contributed by atoms with E-state index >= 15 is 0 Å². The van der Waals surface area contributed by atoms with Crippen molar-refractivity contribution in [3.05, 3.63) is 29.7 Å². The molecule has 1 rings (SSSR count). The first kappa shape index (κ1) is 3.76. The van der Waals surface area contributed by atoms with E-state index in [0.717, 1.165) is 7.11 Å². The van der Waals surface area contributed by atoms with Gasteiger partial charge in [-0.1, -0.05) is 0 Å². The molecule has 0 aromatic heterocycles. The summed E-state index contributed by atoms with van der Waals surface area (Å²) in [5.74, 6) is -1.75. The maximum absolute atomic E-state index is 11.2. The summed E-state index contributed by atoms with van der Waals surface area (Å²) in [6, 6.07) is -2.53. The van der Waals surface area contributed by atoms with Gasteiger partial charge in [-0.15, -0.1) is 0 Å². The Hall–Kier alpha value is -1.51. The molecule has 1 aromatic rings. The summed E-state index contributed by atoms with van der Waals surface area (Å²) in [6.45, 7) is 0. The number of aromatic hydroxyl groups is 1. The van der Waals surface area contributed by atoms with Crippen molar-refractivity contribution in [3.63, 3.8) is 0 Å². The number of carbonyl (C=O) groups excluding carboxylic acids is 1. The zero-order valence-electron chi connectivity index (χ0n) is 9.76. The fourth-order valence-corrected chi connectivity index (χ4v) is 0.510. The molecule has 58 valence electrons. The number of hydrogen-bond acceptors (Lipinski definition) is 3. The Morgan fingerprint density at radius 3 is 2.55 bits per heavy atom. The van der Waals surface area contributed by atoms with Crippen LogP contribution in [0.2, 0.25) is 0 Å². The van der Waals surface area contributed by atoms with Gasteiger partial charge in [0.1, 0.15) is 5.75 Å². The molecule has 1 N–H and O–H groups in total. The lowest BCUT2D eigenvalue weighted by Gasteiger charge is -1.97. The van der Waals surface area contributed by atoms with Crippen LogP contribution in [0.15, 0.2) is 24.2 Å². The molecule has 0 spiro atoms. The fraction of sp³-hybridized carbons (Fsp3) is 0.125. The van der Waals surface area contributed by atoms with E-state index in [2.05, 4.69) is 4.74 Å². The van der Waals surface area contributed by atoms with Gasteiger partial charge in [0.05, 0.1) is 18.2 Å². The summed E-state index contributed by atoms with van der Waals surface area (Å²) in [7, 11) is 1.07. The second-order valence-corrected chi connectivity index (χ2v) is 1.72. The molecule has 11 heavy (non-hydrogen) atoms. The van der Waals surface area contributed by atoms with E-state index in [-0.39, 0.29) is 0 Å². The Morgan fingerprint density at radius 2 is 2.09 bits per heavy atom. The largest absolute Gasteiger partial charge is 0.508 e. The fourth-order valence-electron chi connectivity index (χ4n) is 0.510. The van der Waals surface area contributed by atoms with Crippen LogP contribution in [0.5, 0.6) is 5.75 Å². The number of methoxy groups -OCH3 is 1. The van der Waals surface area contributed by atoms with Crippen molar-refractivity contribution in [3.8, 4) is 5.75 Å². The minimum atomic E-state index is -0.966. The first-order chi connectivity index (χ1) is 6.91. The highest BCUT2D eigenvalue weighted by Gasteiger charge is 2.02. The molecule has 0 heterocycles. The molecule has 0 bridgehead atoms. The first-order valence-corrected chi connectivity index (χ1v) is 2.79. The van der Waals surface area contributed by atoms with Crippen LogP contribution in [0.3, 0.4) is 0 Å². The molecule has 0 amide bonds. The lowest BCUT2D eigenvalue weighted by Crippen LogP contribution is -1.99. The summed E-state index contributed by atoms with van der Waals surface area (Å²) >= 11 is 0. The monoisotopic (exact) mass is 156 g/mol. The molecule has 0 aliphatic heterocycles. The van der Waals surface area contributed by atoms with E-state index in [1.807, 2.05) is 0 Å². The lowest BCUT2D eigenvalue weighted by atomic mass is 10.2. The van der Waals surface area contributed by atoms with E-state index in [1.165, 1.54) is 0 Å². The van der Waals surface area contributed by atoms with Gasteiger partial charge in [-0.3, -0.25) is 0 Å². The SMILES string of the molecule is [2H]c1c([2H])c(C(=O)OC)c([2H])c([2H])c1O. The van der Waals surface area contributed by atoms with Gasteiger partial charge < -0.3 is 9.84 Å². The number of carbonyl (C=O) groups is 1. The Balaban J connectivity index is 3.60. The van der Waals surface area contributed by atoms with Crippen LogP contribution in [0.25, 0.3) is 0 Å². The van der Waals surface area contributed by atoms with E-state index in [1.54, 1.807) is 0 Å². The summed E-state index contributed by atoms with van der Waals surface area (Å²) < 4.78 is 33.5. The number of phenols is 1. The van der Waals surface area contributed by atoms with Crippen LogP contribution in [0.4, 0.5) is 0 Å². The summed E-state index contributed by atoms with van der Waals surface area (Å²) in [4.78, 5) is 11.2. The third-order valence-electron chi connectivity index (χ3n) is 1.00. The highest BCUT2D eigenvalue weighted by Crippen LogP contribution is 2.09. The molecule has 0 saturated carbocycles. The molecule has 3 nitrogen and oxygen atoms in total. The highest BCUT2D eigenvalue weighted by molar-refractivity contribution is 5.89. The predicted octanol–water partition coefficient (Wildman–Crippen LogP) is 1.18. The van der Waals surface area contributed by atoms with Crippen molar-refractivity contribution in [1.29, 1.82) is 0 Å². The van der Waals surface area contributed by atoms with Crippen molar-refractivity contribution < 1.29 is 20.1 Å². The Bertz CT molecular complexity index is 401. The molecule has 0 atom stereocenters. The predicted molar refractivity (Wildman–Crippen MR) is 39.4 cm³/mol. The zero-order chi connectivity index (χ0) is 11.7. The van der Waals surface area contributed by atoms with Crippen LogP contribution < -0.4 is 0 Å². The molecule has 0 radical (unpaired) electrons. The second-order valence-electron chi connectivity index (χ2n) is 1.72. The molecule has 0 unspecified atom stereocenters. The van der Waals surface area contributed by atoms with Crippen LogP contribution in [0.1, 0.15) is 15.8 Å². The summed E-state index contributed by atoms with van der Waals surface area (Å²) in [5, 5.41) is 9.18. The average molecular weight is 156 g/mol. The number of phenolic OH excluding ortho intramolecular Hbond substituents is 1. The van der Waals surface area contributed by atoms with Crippen molar-refractivity contribution in [2.45, 2.75) is 0 Å². The van der Waals surface area contributed by atoms with Gasteiger partial charge in [-0.05, 0) is 24.2 Å². The Kier molecular flexibility index (Phi) is 1.04. The molecule has 0 saturated heterocycles. The Labute approximate surface area is 69.9 Å². The van der Waals surface area contributed by atoms with Crippen LogP contribution in [-0.4, -0.2) is 18.2 Å².